The highest BCUT2D eigenvalue weighted by Crippen LogP contribution is 2.43. The van der Waals surface area contributed by atoms with E-state index in [1.807, 2.05) is 37.3 Å². The highest BCUT2D eigenvalue weighted by atomic mass is 19.4. The van der Waals surface area contributed by atoms with Gasteiger partial charge in [0, 0.05) is 19.3 Å². The molecule has 0 saturated heterocycles. The zero-order valence-electron chi connectivity index (χ0n) is 22.6. The second-order valence-corrected chi connectivity index (χ2v) is 11.2. The van der Waals surface area contributed by atoms with Crippen LogP contribution in [0.4, 0.5) is 18.0 Å². The molecule has 1 saturated carbocycles. The van der Waals surface area contributed by atoms with Gasteiger partial charge in [0.05, 0.1) is 29.3 Å². The lowest BCUT2D eigenvalue weighted by Gasteiger charge is -2.35. The molecule has 39 heavy (non-hydrogen) atoms. The Balaban J connectivity index is 1.46. The zero-order chi connectivity index (χ0) is 28.3. The fourth-order valence-corrected chi connectivity index (χ4v) is 5.87. The van der Waals surface area contributed by atoms with E-state index in [9.17, 15) is 22.8 Å². The molecule has 2 aromatic rings. The fourth-order valence-electron chi connectivity index (χ4n) is 5.87. The summed E-state index contributed by atoms with van der Waals surface area (Å²) in [6.45, 7) is 7.38. The molecule has 1 aliphatic heterocycles. The van der Waals surface area contributed by atoms with E-state index in [0.29, 0.717) is 31.5 Å². The van der Waals surface area contributed by atoms with Gasteiger partial charge in [-0.3, -0.25) is 14.7 Å². The van der Waals surface area contributed by atoms with Gasteiger partial charge in [0.2, 0.25) is 0 Å². The van der Waals surface area contributed by atoms with Crippen LogP contribution in [-0.4, -0.2) is 41.2 Å². The first-order valence-electron chi connectivity index (χ1n) is 13.5. The van der Waals surface area contributed by atoms with E-state index in [0.717, 1.165) is 22.4 Å². The fraction of sp³-hybridized carbons (Fsp3) is 0.552. The van der Waals surface area contributed by atoms with Gasteiger partial charge < -0.3 is 15.8 Å². The van der Waals surface area contributed by atoms with Crippen molar-refractivity contribution in [3.63, 3.8) is 0 Å². The number of pyridine rings is 1. The van der Waals surface area contributed by atoms with Crippen LogP contribution in [0.25, 0.3) is 0 Å². The Morgan fingerprint density at radius 1 is 1.15 bits per heavy atom. The minimum absolute atomic E-state index is 0.0433. The minimum atomic E-state index is -4.11. The average molecular weight is 547 g/mol. The molecule has 2 atom stereocenters. The van der Waals surface area contributed by atoms with Crippen LogP contribution in [0.15, 0.2) is 36.5 Å². The molecule has 0 radical (unpaired) electrons. The number of nitrogens with two attached hydrogens (primary N) is 1. The smallest absolute Gasteiger partial charge is 0.404 e. The Hall–Kier alpha value is -3.14. The van der Waals surface area contributed by atoms with Gasteiger partial charge in [0.15, 0.2) is 0 Å². The van der Waals surface area contributed by atoms with Crippen LogP contribution in [0, 0.1) is 24.7 Å². The molecular formula is C29H37F3N4O3. The average Bonchev–Trinajstić information content (AvgIpc) is 3.24. The van der Waals surface area contributed by atoms with E-state index in [-0.39, 0.29) is 43.2 Å². The molecule has 7 nitrogen and oxygen atoms in total. The minimum Gasteiger partial charge on any atom is -0.447 e. The lowest BCUT2D eigenvalue weighted by atomic mass is 9.81. The number of fused-ring (bicyclic) bond motifs is 1. The van der Waals surface area contributed by atoms with Crippen molar-refractivity contribution in [2.75, 3.05) is 13.2 Å². The third-order valence-electron chi connectivity index (χ3n) is 7.92. The first-order chi connectivity index (χ1) is 18.4. The summed E-state index contributed by atoms with van der Waals surface area (Å²) in [4.78, 5) is 31.4. The predicted octanol–water partition coefficient (Wildman–Crippen LogP) is 5.84. The quantitative estimate of drug-likeness (QED) is 0.434. The molecule has 1 fully saturated rings. The number of carbonyl (C=O) groups excluding carboxylic acids is 2. The highest BCUT2D eigenvalue weighted by molar-refractivity contribution is 5.94. The summed E-state index contributed by atoms with van der Waals surface area (Å²) in [6, 6.07) is 8.83. The molecular weight excluding hydrogens is 509 g/mol. The maximum absolute atomic E-state index is 13.2. The Labute approximate surface area is 227 Å². The number of benzene rings is 1. The van der Waals surface area contributed by atoms with E-state index in [4.69, 9.17) is 10.5 Å². The standard InChI is InChI=1S/C29H37F3N4O3/c1-17(2)26-25-22(15-36(26)14-19-6-10-23(11-7-19)29(30,31)32)12-21(13-34-25)27(37)35-24(16-39-28(33)38)20-8-4-18(3)5-9-20/h4-5,8-9,12-13,17,19,23-24,26H,6-7,10-11,14-16H2,1-3H3,(H2,33,38)(H,35,37)/t19-,23-,24-,26+/m1/s1. The summed E-state index contributed by atoms with van der Waals surface area (Å²) in [7, 11) is 0. The number of rotatable bonds is 8. The summed E-state index contributed by atoms with van der Waals surface area (Å²) >= 11 is 0. The number of halogens is 3. The van der Waals surface area contributed by atoms with Crippen LogP contribution in [0.2, 0.25) is 0 Å². The number of nitrogens with one attached hydrogen (secondary N) is 1. The van der Waals surface area contributed by atoms with Crippen molar-refractivity contribution in [3.8, 4) is 0 Å². The Bertz CT molecular complexity index is 1160. The summed E-state index contributed by atoms with van der Waals surface area (Å²) in [5.74, 6) is -1.08. The van der Waals surface area contributed by atoms with Gasteiger partial charge >= 0.3 is 12.3 Å². The molecule has 0 bridgehead atoms. The van der Waals surface area contributed by atoms with Crippen LogP contribution in [0.3, 0.4) is 0 Å². The van der Waals surface area contributed by atoms with Crippen molar-refractivity contribution in [1.82, 2.24) is 15.2 Å². The topological polar surface area (TPSA) is 97.5 Å². The number of hydrogen-bond donors (Lipinski definition) is 2. The Morgan fingerprint density at radius 3 is 2.41 bits per heavy atom. The summed E-state index contributed by atoms with van der Waals surface area (Å²) in [5, 5.41) is 2.93. The monoisotopic (exact) mass is 546 g/mol. The molecule has 3 N–H and O–H groups in total. The van der Waals surface area contributed by atoms with Crippen LogP contribution in [0.5, 0.6) is 0 Å². The van der Waals surface area contributed by atoms with E-state index >= 15 is 0 Å². The number of hydrogen-bond acceptors (Lipinski definition) is 5. The van der Waals surface area contributed by atoms with Gasteiger partial charge in [0.25, 0.3) is 5.91 Å². The lowest BCUT2D eigenvalue weighted by molar-refractivity contribution is -0.184. The van der Waals surface area contributed by atoms with Crippen LogP contribution < -0.4 is 11.1 Å². The number of aryl methyl sites for hydroxylation is 1. The molecule has 10 heteroatoms. The number of carbonyl (C=O) groups is 2. The number of amides is 2. The van der Waals surface area contributed by atoms with Gasteiger partial charge in [-0.2, -0.15) is 13.2 Å². The van der Waals surface area contributed by atoms with Crippen molar-refractivity contribution in [2.24, 2.45) is 23.5 Å². The second-order valence-electron chi connectivity index (χ2n) is 11.2. The van der Waals surface area contributed by atoms with Crippen LogP contribution in [-0.2, 0) is 11.3 Å². The molecule has 0 unspecified atom stereocenters. The second kappa shape index (κ2) is 11.9. The maximum atomic E-state index is 13.2. The van der Waals surface area contributed by atoms with Gasteiger partial charge in [-0.1, -0.05) is 43.7 Å². The van der Waals surface area contributed by atoms with Gasteiger partial charge in [-0.25, -0.2) is 4.79 Å². The van der Waals surface area contributed by atoms with E-state index in [2.05, 4.69) is 29.0 Å². The zero-order valence-corrected chi connectivity index (χ0v) is 22.6. The third kappa shape index (κ3) is 7.09. The molecule has 212 valence electrons. The van der Waals surface area contributed by atoms with Crippen molar-refractivity contribution in [1.29, 1.82) is 0 Å². The van der Waals surface area contributed by atoms with Crippen molar-refractivity contribution >= 4 is 12.0 Å². The Morgan fingerprint density at radius 2 is 1.82 bits per heavy atom. The maximum Gasteiger partial charge on any atom is 0.404 e. The molecule has 2 amide bonds. The van der Waals surface area contributed by atoms with E-state index < -0.39 is 24.2 Å². The summed E-state index contributed by atoms with van der Waals surface area (Å²) in [5.41, 5.74) is 9.23. The molecule has 2 heterocycles. The SMILES string of the molecule is Cc1ccc([C@@H](COC(N)=O)NC(=O)c2cnc3c(c2)CN(C[C@H]2CC[C@H](C(F)(F)F)CC2)[C@H]3C(C)C)cc1. The molecule has 4 rings (SSSR count). The first-order valence-corrected chi connectivity index (χ1v) is 13.5. The van der Waals surface area contributed by atoms with Crippen molar-refractivity contribution < 1.29 is 27.5 Å². The summed E-state index contributed by atoms with van der Waals surface area (Å²) in [6.07, 6.45) is -1.97. The van der Waals surface area contributed by atoms with Gasteiger partial charge in [-0.15, -0.1) is 0 Å². The van der Waals surface area contributed by atoms with Crippen molar-refractivity contribution in [3.05, 3.63) is 64.5 Å². The molecule has 1 aliphatic carbocycles. The molecule has 1 aromatic carbocycles. The highest BCUT2D eigenvalue weighted by Gasteiger charge is 2.42. The number of ether oxygens (including phenoxy) is 1. The van der Waals surface area contributed by atoms with Gasteiger partial charge in [0.1, 0.15) is 6.61 Å². The molecule has 0 spiro atoms. The third-order valence-corrected chi connectivity index (χ3v) is 7.92. The molecule has 1 aromatic heterocycles. The summed E-state index contributed by atoms with van der Waals surface area (Å²) < 4.78 is 44.3. The van der Waals surface area contributed by atoms with Crippen LogP contribution in [0.1, 0.15) is 84.4 Å². The first kappa shape index (κ1) is 28.9. The number of nitrogens with zero attached hydrogens (tertiary/aromatic N) is 2. The largest absolute Gasteiger partial charge is 0.447 e. The van der Waals surface area contributed by atoms with Crippen LogP contribution >= 0.6 is 0 Å². The number of primary amides is 1. The van der Waals surface area contributed by atoms with Gasteiger partial charge in [-0.05, 0) is 61.6 Å². The number of alkyl halides is 3. The molecule has 2 aliphatic rings. The Kier molecular flexibility index (Phi) is 8.83. The number of aromatic nitrogens is 1. The van der Waals surface area contributed by atoms with E-state index in [1.165, 1.54) is 0 Å². The normalized spacial score (nSPS) is 22.4. The predicted molar refractivity (Wildman–Crippen MR) is 141 cm³/mol. The lowest BCUT2D eigenvalue weighted by Crippen LogP contribution is -2.35. The van der Waals surface area contributed by atoms with Crippen molar-refractivity contribution in [2.45, 2.75) is 71.3 Å². The van der Waals surface area contributed by atoms with E-state index in [1.54, 1.807) is 6.20 Å².